The van der Waals surface area contributed by atoms with Crippen molar-refractivity contribution in [2.24, 2.45) is 5.92 Å². The molecule has 5 rings (SSSR count). The maximum absolute atomic E-state index is 13.6. The van der Waals surface area contributed by atoms with E-state index in [-0.39, 0.29) is 35.5 Å². The Labute approximate surface area is 185 Å². The Hall–Kier alpha value is -3.42. The lowest BCUT2D eigenvalue weighted by Crippen LogP contribution is -2.41. The Kier molecular flexibility index (Phi) is 5.07. The topological polar surface area (TPSA) is 73.8 Å². The number of phenols is 1. The molecule has 6 nitrogen and oxygen atoms in total. The summed E-state index contributed by atoms with van der Waals surface area (Å²) in [4.78, 5) is 15.4. The minimum absolute atomic E-state index is 0.0387. The SMILES string of the molecule is COc1cc(C2C3C(NNC3c3ccc(F)cc3)C(=O)N2c2ccc(C)cc2)ccc1O. The van der Waals surface area contributed by atoms with Crippen molar-refractivity contribution >= 4 is 11.6 Å². The van der Waals surface area contributed by atoms with E-state index in [2.05, 4.69) is 10.9 Å². The molecule has 3 aromatic rings. The number of hydrazine groups is 1. The summed E-state index contributed by atoms with van der Waals surface area (Å²) < 4.78 is 18.9. The van der Waals surface area contributed by atoms with Crippen LogP contribution in [0.1, 0.15) is 28.8 Å². The molecule has 2 saturated heterocycles. The highest BCUT2D eigenvalue weighted by Crippen LogP contribution is 2.49. The number of carbonyl (C=O) groups is 1. The molecule has 4 atom stereocenters. The fraction of sp³-hybridized carbons (Fsp3) is 0.240. The molecule has 7 heteroatoms. The fourth-order valence-electron chi connectivity index (χ4n) is 4.83. The minimum atomic E-state index is -0.462. The predicted molar refractivity (Wildman–Crippen MR) is 119 cm³/mol. The van der Waals surface area contributed by atoms with E-state index in [9.17, 15) is 14.3 Å². The highest BCUT2D eigenvalue weighted by atomic mass is 19.1. The number of hydrogen-bond donors (Lipinski definition) is 3. The van der Waals surface area contributed by atoms with E-state index < -0.39 is 6.04 Å². The molecule has 2 fully saturated rings. The number of fused-ring (bicyclic) bond motifs is 1. The Morgan fingerprint density at radius 1 is 0.938 bits per heavy atom. The third-order valence-corrected chi connectivity index (χ3v) is 6.40. The molecule has 3 aromatic carbocycles. The standard InChI is InChI=1S/C25H24FN3O3/c1-14-3-10-18(11-4-14)29-24(16-7-12-19(30)20(13-16)32-2)21-22(27-28-23(21)25(29)31)15-5-8-17(26)9-6-15/h3-13,21-24,27-28,30H,1-2H3. The van der Waals surface area contributed by atoms with Crippen molar-refractivity contribution in [3.8, 4) is 11.5 Å². The first kappa shape index (κ1) is 20.5. The maximum atomic E-state index is 13.6. The van der Waals surface area contributed by atoms with Crippen LogP contribution in [0.5, 0.6) is 11.5 Å². The second kappa shape index (κ2) is 7.93. The Bertz CT molecular complexity index is 1150. The number of hydrogen-bond acceptors (Lipinski definition) is 5. The normalized spacial score (nSPS) is 24.6. The maximum Gasteiger partial charge on any atom is 0.246 e. The molecular formula is C25H24FN3O3. The number of aromatic hydroxyl groups is 1. The number of nitrogens with zero attached hydrogens (tertiary/aromatic N) is 1. The van der Waals surface area contributed by atoms with Crippen LogP contribution in [0, 0.1) is 18.7 Å². The van der Waals surface area contributed by atoms with Crippen LogP contribution in [0.15, 0.2) is 66.7 Å². The van der Waals surface area contributed by atoms with Gasteiger partial charge in [0.1, 0.15) is 11.9 Å². The van der Waals surface area contributed by atoms with Crippen molar-refractivity contribution < 1.29 is 19.0 Å². The van der Waals surface area contributed by atoms with Gasteiger partial charge in [0.25, 0.3) is 0 Å². The monoisotopic (exact) mass is 433 g/mol. The Morgan fingerprint density at radius 2 is 1.59 bits per heavy atom. The lowest BCUT2D eigenvalue weighted by molar-refractivity contribution is -0.119. The summed E-state index contributed by atoms with van der Waals surface area (Å²) in [6.45, 7) is 2.00. The van der Waals surface area contributed by atoms with Gasteiger partial charge in [-0.2, -0.15) is 0 Å². The van der Waals surface area contributed by atoms with Gasteiger partial charge in [0.2, 0.25) is 5.91 Å². The number of carbonyl (C=O) groups excluding carboxylic acids is 1. The molecule has 0 spiro atoms. The van der Waals surface area contributed by atoms with Gasteiger partial charge in [-0.25, -0.2) is 15.2 Å². The first-order valence-corrected chi connectivity index (χ1v) is 10.5. The molecule has 2 aliphatic rings. The largest absolute Gasteiger partial charge is 0.504 e. The van der Waals surface area contributed by atoms with Crippen LogP contribution in [-0.2, 0) is 4.79 Å². The van der Waals surface area contributed by atoms with Crippen molar-refractivity contribution in [1.82, 2.24) is 10.9 Å². The lowest BCUT2D eigenvalue weighted by atomic mass is 9.83. The number of phenolic OH excluding ortho intramolecular Hbond substituents is 1. The molecule has 0 bridgehead atoms. The molecule has 0 radical (unpaired) electrons. The number of halogens is 1. The van der Waals surface area contributed by atoms with E-state index in [1.165, 1.54) is 19.2 Å². The highest BCUT2D eigenvalue weighted by molar-refractivity contribution is 6.01. The Morgan fingerprint density at radius 3 is 2.28 bits per heavy atom. The van der Waals surface area contributed by atoms with Crippen LogP contribution < -0.4 is 20.5 Å². The zero-order valence-electron chi connectivity index (χ0n) is 17.7. The van der Waals surface area contributed by atoms with Gasteiger partial charge in [0.15, 0.2) is 11.5 Å². The summed E-state index contributed by atoms with van der Waals surface area (Å²) in [5, 5.41) is 10.1. The van der Waals surface area contributed by atoms with Gasteiger partial charge in [-0.1, -0.05) is 35.9 Å². The van der Waals surface area contributed by atoms with Crippen molar-refractivity contribution in [3.05, 3.63) is 89.2 Å². The summed E-state index contributed by atoms with van der Waals surface area (Å²) >= 11 is 0. The number of nitrogens with one attached hydrogen (secondary N) is 2. The van der Waals surface area contributed by atoms with Gasteiger partial charge < -0.3 is 14.7 Å². The third kappa shape index (κ3) is 3.30. The van der Waals surface area contributed by atoms with Crippen LogP contribution in [0.3, 0.4) is 0 Å². The average molecular weight is 433 g/mol. The van der Waals surface area contributed by atoms with Crippen LogP contribution >= 0.6 is 0 Å². The van der Waals surface area contributed by atoms with E-state index in [1.54, 1.807) is 24.3 Å². The summed E-state index contributed by atoms with van der Waals surface area (Å²) in [6.07, 6.45) is 0. The second-order valence-electron chi connectivity index (χ2n) is 8.29. The van der Waals surface area contributed by atoms with Gasteiger partial charge in [0, 0.05) is 11.6 Å². The van der Waals surface area contributed by atoms with E-state index in [1.807, 2.05) is 42.2 Å². The van der Waals surface area contributed by atoms with E-state index in [0.29, 0.717) is 5.75 Å². The summed E-state index contributed by atoms with van der Waals surface area (Å²) in [7, 11) is 1.50. The molecule has 2 aliphatic heterocycles. The fourth-order valence-corrected chi connectivity index (χ4v) is 4.83. The van der Waals surface area contributed by atoms with E-state index >= 15 is 0 Å². The second-order valence-corrected chi connectivity index (χ2v) is 8.29. The quantitative estimate of drug-likeness (QED) is 0.584. The van der Waals surface area contributed by atoms with Crippen molar-refractivity contribution in [3.63, 3.8) is 0 Å². The number of anilines is 1. The van der Waals surface area contributed by atoms with Crippen LogP contribution in [0.4, 0.5) is 10.1 Å². The Balaban J connectivity index is 1.64. The van der Waals surface area contributed by atoms with Crippen LogP contribution in [0.25, 0.3) is 0 Å². The molecule has 32 heavy (non-hydrogen) atoms. The van der Waals surface area contributed by atoms with Gasteiger partial charge in [-0.05, 0) is 54.4 Å². The van der Waals surface area contributed by atoms with Crippen molar-refractivity contribution in [2.75, 3.05) is 12.0 Å². The number of aryl methyl sites for hydroxylation is 1. The highest BCUT2D eigenvalue weighted by Gasteiger charge is 2.56. The average Bonchev–Trinajstić information content (AvgIpc) is 3.35. The van der Waals surface area contributed by atoms with Gasteiger partial charge in [-0.15, -0.1) is 0 Å². The smallest absolute Gasteiger partial charge is 0.246 e. The third-order valence-electron chi connectivity index (χ3n) is 6.40. The summed E-state index contributed by atoms with van der Waals surface area (Å²) in [5.74, 6) is -0.146. The van der Waals surface area contributed by atoms with Crippen LogP contribution in [0.2, 0.25) is 0 Å². The molecule has 4 unspecified atom stereocenters. The predicted octanol–water partition coefficient (Wildman–Crippen LogP) is 3.77. The molecule has 0 aromatic heterocycles. The first-order chi connectivity index (χ1) is 15.5. The van der Waals surface area contributed by atoms with Gasteiger partial charge in [0.05, 0.1) is 19.2 Å². The lowest BCUT2D eigenvalue weighted by Gasteiger charge is -2.31. The zero-order valence-corrected chi connectivity index (χ0v) is 17.7. The zero-order chi connectivity index (χ0) is 22.4. The van der Waals surface area contributed by atoms with Crippen LogP contribution in [-0.4, -0.2) is 24.2 Å². The number of rotatable bonds is 4. The van der Waals surface area contributed by atoms with E-state index in [4.69, 9.17) is 4.74 Å². The number of ether oxygens (including phenoxy) is 1. The molecule has 0 aliphatic carbocycles. The molecular weight excluding hydrogens is 409 g/mol. The minimum Gasteiger partial charge on any atom is -0.504 e. The first-order valence-electron chi connectivity index (χ1n) is 10.5. The molecule has 2 heterocycles. The summed E-state index contributed by atoms with van der Waals surface area (Å²) in [6, 6.07) is 18.4. The van der Waals surface area contributed by atoms with Gasteiger partial charge in [-0.3, -0.25) is 4.79 Å². The number of amides is 1. The number of benzene rings is 3. The molecule has 3 N–H and O–H groups in total. The molecule has 164 valence electrons. The van der Waals surface area contributed by atoms with E-state index in [0.717, 1.165) is 22.4 Å². The van der Waals surface area contributed by atoms with Gasteiger partial charge >= 0.3 is 0 Å². The molecule has 1 amide bonds. The number of methoxy groups -OCH3 is 1. The summed E-state index contributed by atoms with van der Waals surface area (Å²) in [5.41, 5.74) is 10.0. The van der Waals surface area contributed by atoms with Crippen molar-refractivity contribution in [2.45, 2.75) is 25.0 Å². The molecule has 0 saturated carbocycles. The van der Waals surface area contributed by atoms with Crippen molar-refractivity contribution in [1.29, 1.82) is 0 Å².